The molecule has 0 aliphatic heterocycles. The zero-order valence-electron chi connectivity index (χ0n) is 30.4. The van der Waals surface area contributed by atoms with E-state index in [0.717, 1.165) is 49.7 Å². The van der Waals surface area contributed by atoms with Crippen LogP contribution >= 0.6 is 11.3 Å². The molecule has 1 unspecified atom stereocenters. The summed E-state index contributed by atoms with van der Waals surface area (Å²) < 4.78 is 19.4. The Morgan fingerprint density at radius 3 is 2.11 bits per heavy atom. The van der Waals surface area contributed by atoms with Crippen LogP contribution in [0, 0.1) is 0 Å². The highest BCUT2D eigenvalue weighted by Gasteiger charge is 2.53. The molecule has 5 nitrogen and oxygen atoms in total. The Morgan fingerprint density at radius 2 is 1.39 bits per heavy atom. The lowest BCUT2D eigenvalue weighted by atomic mass is 9.68. The van der Waals surface area contributed by atoms with Crippen LogP contribution in [0.4, 0.5) is 0 Å². The molecule has 10 aromatic rings. The largest absolute Gasteiger partial charge is 0.429 e. The Hall–Kier alpha value is -5.89. The molecule has 4 aromatic carbocycles. The molecule has 1 aliphatic carbocycles. The average molecular weight is 735 g/mol. The van der Waals surface area contributed by atoms with Crippen LogP contribution < -0.4 is 10.4 Å². The van der Waals surface area contributed by atoms with E-state index in [4.69, 9.17) is 13.8 Å². The van der Waals surface area contributed by atoms with E-state index in [0.29, 0.717) is 11.7 Å². The van der Waals surface area contributed by atoms with Crippen molar-refractivity contribution >= 4 is 73.8 Å². The van der Waals surface area contributed by atoms with E-state index in [-0.39, 0.29) is 5.41 Å². The fourth-order valence-electron chi connectivity index (χ4n) is 9.27. The van der Waals surface area contributed by atoms with E-state index in [9.17, 15) is 0 Å². The van der Waals surface area contributed by atoms with Crippen LogP contribution in [0.1, 0.15) is 43.2 Å². The Morgan fingerprint density at radius 1 is 0.704 bits per heavy atom. The van der Waals surface area contributed by atoms with Crippen molar-refractivity contribution < 1.29 is 8.83 Å². The summed E-state index contributed by atoms with van der Waals surface area (Å²) in [6, 6.07) is 46.4. The SMILES string of the molecule is Cn1ccc(-c2csc3cc4c5ccccc5n(-c5cc6c7c(oc6o5)C(C)(C)c5ccccc5C7(C)[Si](c5ccccc5)c5ccccc5)c4nc23)c1. The summed E-state index contributed by atoms with van der Waals surface area (Å²) in [7, 11) is 0.543. The topological polar surface area (TPSA) is 49.0 Å². The third kappa shape index (κ3) is 4.28. The molecule has 0 amide bonds. The lowest BCUT2D eigenvalue weighted by molar-refractivity contribution is 0.385. The third-order valence-electron chi connectivity index (χ3n) is 11.7. The number of aromatic nitrogens is 3. The highest BCUT2D eigenvalue weighted by atomic mass is 32.1. The van der Waals surface area contributed by atoms with Gasteiger partial charge in [0.05, 0.1) is 21.1 Å². The molecule has 0 spiro atoms. The van der Waals surface area contributed by atoms with Crippen molar-refractivity contribution in [3.63, 3.8) is 0 Å². The summed E-state index contributed by atoms with van der Waals surface area (Å²) in [4.78, 5) is 5.45. The monoisotopic (exact) mass is 734 g/mol. The van der Waals surface area contributed by atoms with Crippen molar-refractivity contribution in [1.82, 2.24) is 14.1 Å². The van der Waals surface area contributed by atoms with Gasteiger partial charge in [-0.15, -0.1) is 11.3 Å². The molecule has 7 heteroatoms. The minimum atomic E-state index is -1.51. The minimum Gasteiger partial charge on any atom is -0.429 e. The summed E-state index contributed by atoms with van der Waals surface area (Å²) in [6.07, 6.45) is 4.24. The zero-order valence-corrected chi connectivity index (χ0v) is 32.2. The number of thiophene rings is 1. The maximum absolute atomic E-state index is 7.04. The van der Waals surface area contributed by atoms with Crippen LogP contribution in [0.3, 0.4) is 0 Å². The number of hydrogen-bond acceptors (Lipinski definition) is 4. The van der Waals surface area contributed by atoms with E-state index in [1.165, 1.54) is 31.8 Å². The lowest BCUT2D eigenvalue weighted by Gasteiger charge is -2.46. The van der Waals surface area contributed by atoms with Crippen LogP contribution in [0.2, 0.25) is 0 Å². The molecule has 0 saturated heterocycles. The van der Waals surface area contributed by atoms with Gasteiger partial charge in [0.2, 0.25) is 5.88 Å². The van der Waals surface area contributed by atoms with Crippen LogP contribution in [-0.2, 0) is 17.5 Å². The van der Waals surface area contributed by atoms with Gasteiger partial charge in [-0.25, -0.2) is 4.98 Å². The molecule has 0 saturated carbocycles. The highest BCUT2D eigenvalue weighted by molar-refractivity contribution is 7.17. The number of benzene rings is 4. The first-order valence-corrected chi connectivity index (χ1v) is 20.8. The average Bonchev–Trinajstić information content (AvgIpc) is 4.02. The highest BCUT2D eigenvalue weighted by Crippen LogP contribution is 2.55. The van der Waals surface area contributed by atoms with Crippen molar-refractivity contribution in [3.8, 4) is 17.0 Å². The number of rotatable bonds is 5. The Labute approximate surface area is 318 Å². The van der Waals surface area contributed by atoms with Crippen LogP contribution in [-0.4, -0.2) is 22.9 Å². The second-order valence-electron chi connectivity index (χ2n) is 15.3. The van der Waals surface area contributed by atoms with Crippen molar-refractivity contribution in [3.05, 3.63) is 168 Å². The van der Waals surface area contributed by atoms with E-state index in [1.54, 1.807) is 11.3 Å². The number of nitrogens with zero attached hydrogens (tertiary/aromatic N) is 3. The standard InChI is InChI=1S/C47H36N3O2SSi/c1-46(2)36-20-12-13-21-37(36)47(3,54(30-15-7-5-8-16-30)31-17-9-6-10-18-31)41-34-26-40(51-45(34)52-43(41)46)50-38-22-14-11-19-32(38)33-25-39-42(48-44(33)50)35(28-53-39)29-23-24-49(4)27-29/h5-28H,1-4H3. The number of furan rings is 2. The third-order valence-corrected chi connectivity index (χ3v) is 16.0. The van der Waals surface area contributed by atoms with Crippen LogP contribution in [0.15, 0.2) is 154 Å². The summed E-state index contributed by atoms with van der Waals surface area (Å²) in [5.74, 6) is 2.23. The maximum atomic E-state index is 7.04. The fraction of sp³-hybridized carbons (Fsp3) is 0.128. The van der Waals surface area contributed by atoms with E-state index >= 15 is 0 Å². The van der Waals surface area contributed by atoms with E-state index in [1.807, 2.05) is 0 Å². The minimum absolute atomic E-state index is 0.375. The Balaban J connectivity index is 1.20. The molecular formula is C47H36N3O2SSi. The zero-order chi connectivity index (χ0) is 36.3. The lowest BCUT2D eigenvalue weighted by Crippen LogP contribution is -2.60. The molecule has 54 heavy (non-hydrogen) atoms. The summed E-state index contributed by atoms with van der Waals surface area (Å²) in [6.45, 7) is 7.03. The van der Waals surface area contributed by atoms with Gasteiger partial charge in [0, 0.05) is 68.8 Å². The van der Waals surface area contributed by atoms with Gasteiger partial charge in [-0.3, -0.25) is 4.57 Å². The summed E-state index contributed by atoms with van der Waals surface area (Å²) in [5, 5.41) is 7.80. The smallest absolute Gasteiger partial charge is 0.299 e. The van der Waals surface area contributed by atoms with Gasteiger partial charge in [-0.05, 0) is 43.2 Å². The fourth-order valence-corrected chi connectivity index (χ4v) is 13.7. The van der Waals surface area contributed by atoms with Crippen molar-refractivity contribution in [2.75, 3.05) is 0 Å². The first kappa shape index (κ1) is 31.6. The van der Waals surface area contributed by atoms with Gasteiger partial charge >= 0.3 is 0 Å². The molecular weight excluding hydrogens is 699 g/mol. The molecule has 1 atom stereocenters. The predicted molar refractivity (Wildman–Crippen MR) is 223 cm³/mol. The predicted octanol–water partition coefficient (Wildman–Crippen LogP) is 10.5. The maximum Gasteiger partial charge on any atom is 0.299 e. The quantitative estimate of drug-likeness (QED) is 0.165. The van der Waals surface area contributed by atoms with Crippen molar-refractivity contribution in [2.24, 2.45) is 7.05 Å². The first-order valence-electron chi connectivity index (χ1n) is 18.4. The van der Waals surface area contributed by atoms with Crippen LogP contribution in [0.5, 0.6) is 0 Å². The number of para-hydroxylation sites is 1. The molecule has 0 N–H and O–H groups in total. The first-order chi connectivity index (χ1) is 26.3. The van der Waals surface area contributed by atoms with Crippen molar-refractivity contribution in [2.45, 2.75) is 31.2 Å². The summed E-state index contributed by atoms with van der Waals surface area (Å²) >= 11 is 1.74. The molecule has 1 aliphatic rings. The number of fused-ring (bicyclic) bond motifs is 8. The van der Waals surface area contributed by atoms with Gasteiger partial charge in [-0.1, -0.05) is 120 Å². The van der Waals surface area contributed by atoms with Gasteiger partial charge in [0.1, 0.15) is 20.2 Å². The van der Waals surface area contributed by atoms with Gasteiger partial charge in [0.15, 0.2) is 0 Å². The number of pyridine rings is 1. The van der Waals surface area contributed by atoms with Gasteiger partial charge in [0.25, 0.3) is 5.78 Å². The Bertz CT molecular complexity index is 3030. The van der Waals surface area contributed by atoms with E-state index in [2.05, 4.69) is 182 Å². The van der Waals surface area contributed by atoms with Crippen LogP contribution in [0.25, 0.3) is 60.3 Å². The molecule has 0 bridgehead atoms. The Kier molecular flexibility index (Phi) is 6.62. The van der Waals surface area contributed by atoms with E-state index < -0.39 is 13.8 Å². The molecule has 1 radical (unpaired) electrons. The molecule has 6 heterocycles. The molecule has 11 rings (SSSR count). The van der Waals surface area contributed by atoms with Crippen molar-refractivity contribution in [1.29, 1.82) is 0 Å². The second kappa shape index (κ2) is 11.3. The summed E-state index contributed by atoms with van der Waals surface area (Å²) in [5.41, 5.74) is 8.72. The normalized spacial score (nSPS) is 16.5. The van der Waals surface area contributed by atoms with Gasteiger partial charge in [-0.2, -0.15) is 0 Å². The molecule has 0 fully saturated rings. The number of hydrogen-bond donors (Lipinski definition) is 0. The molecule has 6 aromatic heterocycles. The second-order valence-corrected chi connectivity index (χ2v) is 19.1. The van der Waals surface area contributed by atoms with Gasteiger partial charge < -0.3 is 13.4 Å². The number of aryl methyl sites for hydroxylation is 1. The molecule has 261 valence electrons.